The summed E-state index contributed by atoms with van der Waals surface area (Å²) in [4.78, 5) is 0. The largest absolute Gasteiger partial charge is 0.381 e. The molecule has 2 aliphatic carbocycles. The van der Waals surface area contributed by atoms with Gasteiger partial charge in [-0.15, -0.1) is 5.73 Å². The van der Waals surface area contributed by atoms with Crippen LogP contribution in [0.1, 0.15) is 40.0 Å². The summed E-state index contributed by atoms with van der Waals surface area (Å²) < 4.78 is 5.47. The normalized spacial score (nSPS) is 41.2. The van der Waals surface area contributed by atoms with Crippen LogP contribution in [0.15, 0.2) is 17.9 Å². The van der Waals surface area contributed by atoms with Crippen molar-refractivity contribution < 1.29 is 6.16 Å². The summed E-state index contributed by atoms with van der Waals surface area (Å²) in [6.45, 7) is 5.86. The van der Waals surface area contributed by atoms with Gasteiger partial charge in [0.2, 0.25) is 0 Å². The third-order valence-corrected chi connectivity index (χ3v) is 4.93. The lowest BCUT2D eigenvalue weighted by atomic mass is 9.54. The maximum atomic E-state index is 5.47. The van der Waals surface area contributed by atoms with Gasteiger partial charge in [-0.1, -0.05) is 13.0 Å². The standard InChI is InChI=1S/C15H22O.H2/c1-2-12(8-11-6-7-16-10-11)15-13-4-3-5-14(15)9-13;/h11,13-15H,1,3-10H2;1H. The van der Waals surface area contributed by atoms with Crippen molar-refractivity contribution in [2.75, 3.05) is 13.2 Å². The molecule has 1 heteroatoms. The van der Waals surface area contributed by atoms with E-state index in [-0.39, 0.29) is 1.43 Å². The van der Waals surface area contributed by atoms with Gasteiger partial charge in [-0.3, -0.25) is 0 Å². The van der Waals surface area contributed by atoms with E-state index in [2.05, 4.69) is 12.3 Å². The molecule has 0 aromatic carbocycles. The van der Waals surface area contributed by atoms with Crippen molar-refractivity contribution in [1.29, 1.82) is 0 Å². The summed E-state index contributed by atoms with van der Waals surface area (Å²) in [5.74, 6) is 3.56. The highest BCUT2D eigenvalue weighted by Crippen LogP contribution is 2.54. The zero-order chi connectivity index (χ0) is 11.0. The molecular formula is C15H24O. The zero-order valence-electron chi connectivity index (χ0n) is 10.1. The predicted octanol–water partition coefficient (Wildman–Crippen LogP) is 3.81. The number of fused-ring (bicyclic) bond motifs is 2. The zero-order valence-corrected chi connectivity index (χ0v) is 10.1. The molecule has 1 aliphatic heterocycles. The number of hydrogen-bond donors (Lipinski definition) is 0. The highest BCUT2D eigenvalue weighted by molar-refractivity contribution is 5.15. The molecule has 3 aliphatic rings. The molecule has 0 radical (unpaired) electrons. The van der Waals surface area contributed by atoms with Crippen LogP contribution in [-0.4, -0.2) is 13.2 Å². The van der Waals surface area contributed by atoms with E-state index in [1.54, 1.807) is 0 Å². The average Bonchev–Trinajstić information content (AvgIpc) is 2.81. The van der Waals surface area contributed by atoms with Crippen molar-refractivity contribution in [1.82, 2.24) is 0 Å². The van der Waals surface area contributed by atoms with Crippen LogP contribution in [0.25, 0.3) is 0 Å². The first-order valence-electron chi connectivity index (χ1n) is 6.85. The Morgan fingerprint density at radius 1 is 1.31 bits per heavy atom. The number of allylic oxidation sites excluding steroid dienone is 1. The monoisotopic (exact) mass is 220 g/mol. The Morgan fingerprint density at radius 3 is 2.69 bits per heavy atom. The molecule has 0 N–H and O–H groups in total. The molecule has 3 rings (SSSR count). The van der Waals surface area contributed by atoms with Crippen LogP contribution >= 0.6 is 0 Å². The van der Waals surface area contributed by atoms with Crippen LogP contribution in [0.4, 0.5) is 0 Å². The molecule has 0 aromatic heterocycles. The van der Waals surface area contributed by atoms with Gasteiger partial charge in [-0.05, 0) is 61.3 Å². The van der Waals surface area contributed by atoms with Gasteiger partial charge in [0.1, 0.15) is 0 Å². The topological polar surface area (TPSA) is 9.23 Å². The Bertz CT molecular complexity index is 299. The van der Waals surface area contributed by atoms with Crippen LogP contribution in [0.3, 0.4) is 0 Å². The highest BCUT2D eigenvalue weighted by atomic mass is 16.5. The van der Waals surface area contributed by atoms with E-state index in [1.165, 1.54) is 44.1 Å². The number of rotatable bonds is 3. The lowest BCUT2D eigenvalue weighted by Crippen LogP contribution is -2.41. The van der Waals surface area contributed by atoms with Crippen molar-refractivity contribution >= 4 is 0 Å². The predicted molar refractivity (Wildman–Crippen MR) is 67.2 cm³/mol. The molecule has 2 bridgehead atoms. The molecule has 0 amide bonds. The van der Waals surface area contributed by atoms with Crippen LogP contribution < -0.4 is 0 Å². The lowest BCUT2D eigenvalue weighted by molar-refractivity contribution is 0.0372. The van der Waals surface area contributed by atoms with Crippen LogP contribution in [0.5, 0.6) is 0 Å². The maximum absolute atomic E-state index is 5.47. The first kappa shape index (κ1) is 10.6. The second-order valence-corrected chi connectivity index (χ2v) is 5.85. The fraction of sp³-hybridized carbons (Fsp3) is 0.800. The van der Waals surface area contributed by atoms with E-state index in [1.807, 2.05) is 0 Å². The van der Waals surface area contributed by atoms with Gasteiger partial charge in [-0.25, -0.2) is 0 Å². The fourth-order valence-electron chi connectivity index (χ4n) is 4.06. The summed E-state index contributed by atoms with van der Waals surface area (Å²) in [5.41, 5.74) is 4.81. The second-order valence-electron chi connectivity index (χ2n) is 5.85. The van der Waals surface area contributed by atoms with Crippen molar-refractivity contribution in [3.8, 4) is 0 Å². The summed E-state index contributed by atoms with van der Waals surface area (Å²) in [7, 11) is 0. The molecule has 1 nitrogen and oxygen atoms in total. The SMILES string of the molecule is C=C=C(CC1CCOC1)C1C2CCCC1C2.[HH]. The van der Waals surface area contributed by atoms with Gasteiger partial charge < -0.3 is 4.74 Å². The third-order valence-electron chi connectivity index (χ3n) is 4.93. The Morgan fingerprint density at radius 2 is 2.12 bits per heavy atom. The molecule has 0 aromatic rings. The van der Waals surface area contributed by atoms with E-state index in [0.717, 1.165) is 36.9 Å². The molecule has 3 atom stereocenters. The molecular weight excluding hydrogens is 196 g/mol. The minimum Gasteiger partial charge on any atom is -0.381 e. The Labute approximate surface area is 100 Å². The van der Waals surface area contributed by atoms with E-state index in [0.29, 0.717) is 0 Å². The Balaban J connectivity index is 0.00000108. The summed E-state index contributed by atoms with van der Waals surface area (Å²) in [6.07, 6.45) is 8.30. The van der Waals surface area contributed by atoms with E-state index in [4.69, 9.17) is 4.74 Å². The molecule has 1 heterocycles. The average molecular weight is 220 g/mol. The van der Waals surface area contributed by atoms with Crippen molar-refractivity contribution in [3.05, 3.63) is 17.9 Å². The lowest BCUT2D eigenvalue weighted by Gasteiger charge is -2.50. The fourth-order valence-corrected chi connectivity index (χ4v) is 4.06. The van der Waals surface area contributed by atoms with Gasteiger partial charge in [0.25, 0.3) is 0 Å². The van der Waals surface area contributed by atoms with Crippen molar-refractivity contribution in [2.24, 2.45) is 23.7 Å². The minimum atomic E-state index is 0. The minimum absolute atomic E-state index is 0. The third kappa shape index (κ3) is 1.77. The first-order valence-corrected chi connectivity index (χ1v) is 6.85. The number of hydrogen-bond acceptors (Lipinski definition) is 1. The molecule has 90 valence electrons. The van der Waals surface area contributed by atoms with Gasteiger partial charge in [0.05, 0.1) is 0 Å². The number of ether oxygens (including phenoxy) is 1. The van der Waals surface area contributed by atoms with Crippen molar-refractivity contribution in [2.45, 2.75) is 38.5 Å². The quantitative estimate of drug-likeness (QED) is 0.657. The van der Waals surface area contributed by atoms with Gasteiger partial charge in [0, 0.05) is 14.6 Å². The maximum Gasteiger partial charge on any atom is 0.0498 e. The molecule has 1 saturated heterocycles. The van der Waals surface area contributed by atoms with E-state index < -0.39 is 0 Å². The van der Waals surface area contributed by atoms with Gasteiger partial charge in [0.15, 0.2) is 0 Å². The van der Waals surface area contributed by atoms with E-state index >= 15 is 0 Å². The summed E-state index contributed by atoms with van der Waals surface area (Å²) in [5, 5.41) is 0. The highest BCUT2D eigenvalue weighted by Gasteiger charge is 2.45. The molecule has 3 unspecified atom stereocenters. The Hall–Kier alpha value is -0.520. The second kappa shape index (κ2) is 4.39. The molecule has 2 saturated carbocycles. The van der Waals surface area contributed by atoms with Crippen molar-refractivity contribution in [3.63, 3.8) is 0 Å². The van der Waals surface area contributed by atoms with Gasteiger partial charge >= 0.3 is 0 Å². The smallest absolute Gasteiger partial charge is 0.0498 e. The first-order chi connectivity index (χ1) is 7.88. The van der Waals surface area contributed by atoms with Gasteiger partial charge in [-0.2, -0.15) is 0 Å². The molecule has 3 fully saturated rings. The Kier molecular flexibility index (Phi) is 2.91. The van der Waals surface area contributed by atoms with E-state index in [9.17, 15) is 0 Å². The summed E-state index contributed by atoms with van der Waals surface area (Å²) in [6, 6.07) is 0. The van der Waals surface area contributed by atoms with Crippen LogP contribution in [0.2, 0.25) is 0 Å². The van der Waals surface area contributed by atoms with Crippen LogP contribution in [-0.2, 0) is 4.74 Å². The molecule has 0 spiro atoms. The van der Waals surface area contributed by atoms with Crippen LogP contribution in [0, 0.1) is 23.7 Å². The molecule has 16 heavy (non-hydrogen) atoms. The summed E-state index contributed by atoms with van der Waals surface area (Å²) >= 11 is 0.